The molecule has 1 aromatic heterocycles. The van der Waals surface area contributed by atoms with Gasteiger partial charge in [0.2, 0.25) is 5.91 Å². The minimum atomic E-state index is -0.474. The van der Waals surface area contributed by atoms with Crippen molar-refractivity contribution in [1.82, 2.24) is 10.3 Å². The van der Waals surface area contributed by atoms with Crippen LogP contribution in [0, 0.1) is 6.92 Å². The van der Waals surface area contributed by atoms with E-state index in [2.05, 4.69) is 10.3 Å². The van der Waals surface area contributed by atoms with E-state index in [1.807, 2.05) is 19.2 Å². The molecule has 0 spiro atoms. The Morgan fingerprint density at radius 2 is 2.29 bits per heavy atom. The second-order valence-corrected chi connectivity index (χ2v) is 4.24. The highest BCUT2D eigenvalue weighted by Gasteiger charge is 2.14. The molecule has 14 heavy (non-hydrogen) atoms. The van der Waals surface area contributed by atoms with Crippen molar-refractivity contribution < 1.29 is 4.79 Å². The lowest BCUT2D eigenvalue weighted by Crippen LogP contribution is -2.39. The number of nitrogens with zero attached hydrogens (tertiary/aromatic N) is 1. The van der Waals surface area contributed by atoms with Crippen molar-refractivity contribution in [3.05, 3.63) is 16.1 Å². The fraction of sp³-hybridized carbons (Fsp3) is 0.556. The van der Waals surface area contributed by atoms with Crippen LogP contribution in [0.5, 0.6) is 0 Å². The largest absolute Gasteiger partial charge is 0.346 e. The highest BCUT2D eigenvalue weighted by Crippen LogP contribution is 2.17. The Hall–Kier alpha value is -0.940. The van der Waals surface area contributed by atoms with Gasteiger partial charge in [0.05, 0.1) is 12.1 Å². The molecule has 78 valence electrons. The van der Waals surface area contributed by atoms with Crippen molar-refractivity contribution >= 4 is 17.2 Å². The number of thiazole rings is 1. The van der Waals surface area contributed by atoms with Gasteiger partial charge in [-0.2, -0.15) is 0 Å². The molecule has 1 unspecified atom stereocenters. The molecule has 0 radical (unpaired) electrons. The van der Waals surface area contributed by atoms with Gasteiger partial charge in [-0.3, -0.25) is 4.79 Å². The zero-order valence-corrected chi connectivity index (χ0v) is 9.39. The molecule has 4 nitrogen and oxygen atoms in total. The van der Waals surface area contributed by atoms with Crippen LogP contribution in [0.15, 0.2) is 5.38 Å². The SMILES string of the molecule is Cc1csc(C(C)NC(=O)[C@H](C)N)n1. The van der Waals surface area contributed by atoms with Gasteiger partial charge in [-0.25, -0.2) is 4.98 Å². The summed E-state index contributed by atoms with van der Waals surface area (Å²) >= 11 is 1.54. The molecule has 3 N–H and O–H groups in total. The number of nitrogens with one attached hydrogen (secondary N) is 1. The monoisotopic (exact) mass is 213 g/mol. The fourth-order valence-electron chi connectivity index (χ4n) is 0.978. The highest BCUT2D eigenvalue weighted by molar-refractivity contribution is 7.09. The van der Waals surface area contributed by atoms with Crippen LogP contribution >= 0.6 is 11.3 Å². The number of carbonyl (C=O) groups excluding carboxylic acids is 1. The van der Waals surface area contributed by atoms with E-state index in [0.29, 0.717) is 0 Å². The average molecular weight is 213 g/mol. The molecule has 0 aliphatic heterocycles. The number of nitrogens with two attached hydrogens (primary N) is 1. The zero-order valence-electron chi connectivity index (χ0n) is 8.57. The van der Waals surface area contributed by atoms with E-state index < -0.39 is 6.04 Å². The van der Waals surface area contributed by atoms with E-state index in [1.165, 1.54) is 0 Å². The Morgan fingerprint density at radius 1 is 1.64 bits per heavy atom. The lowest BCUT2D eigenvalue weighted by molar-refractivity contribution is -0.122. The first-order chi connectivity index (χ1) is 6.50. The van der Waals surface area contributed by atoms with Crippen molar-refractivity contribution in [2.75, 3.05) is 0 Å². The van der Waals surface area contributed by atoms with Crippen LogP contribution in [-0.2, 0) is 4.79 Å². The minimum Gasteiger partial charge on any atom is -0.346 e. The van der Waals surface area contributed by atoms with Crippen molar-refractivity contribution in [3.8, 4) is 0 Å². The van der Waals surface area contributed by atoms with Gasteiger partial charge in [0.25, 0.3) is 0 Å². The molecule has 0 aromatic carbocycles. The van der Waals surface area contributed by atoms with Crippen LogP contribution in [0.25, 0.3) is 0 Å². The third-order valence-electron chi connectivity index (χ3n) is 1.78. The quantitative estimate of drug-likeness (QED) is 0.786. The lowest BCUT2D eigenvalue weighted by atomic mass is 10.3. The zero-order chi connectivity index (χ0) is 10.7. The lowest BCUT2D eigenvalue weighted by Gasteiger charge is -2.12. The van der Waals surface area contributed by atoms with Crippen LogP contribution in [0.4, 0.5) is 0 Å². The van der Waals surface area contributed by atoms with E-state index in [-0.39, 0.29) is 11.9 Å². The Bertz CT molecular complexity index is 322. The van der Waals surface area contributed by atoms with Gasteiger partial charge in [-0.05, 0) is 20.8 Å². The molecule has 0 bridgehead atoms. The molecular formula is C9H15N3OS. The second kappa shape index (κ2) is 4.52. The molecule has 1 aromatic rings. The molecule has 0 fully saturated rings. The van der Waals surface area contributed by atoms with Gasteiger partial charge in [-0.1, -0.05) is 0 Å². The first-order valence-corrected chi connectivity index (χ1v) is 5.36. The summed E-state index contributed by atoms with van der Waals surface area (Å²) in [7, 11) is 0. The maximum Gasteiger partial charge on any atom is 0.237 e. The number of aryl methyl sites for hydroxylation is 1. The summed E-state index contributed by atoms with van der Waals surface area (Å²) in [5.41, 5.74) is 6.42. The predicted octanol–water partition coefficient (Wildman–Crippen LogP) is 0.976. The molecule has 0 saturated carbocycles. The number of carbonyl (C=O) groups is 1. The fourth-order valence-corrected chi connectivity index (χ4v) is 1.78. The van der Waals surface area contributed by atoms with E-state index in [4.69, 9.17) is 5.73 Å². The molecule has 1 heterocycles. The first kappa shape index (κ1) is 11.1. The van der Waals surface area contributed by atoms with E-state index >= 15 is 0 Å². The summed E-state index contributed by atoms with van der Waals surface area (Å²) in [6, 6.07) is -0.536. The van der Waals surface area contributed by atoms with Crippen molar-refractivity contribution in [1.29, 1.82) is 0 Å². The van der Waals surface area contributed by atoms with Gasteiger partial charge in [0, 0.05) is 11.1 Å². The van der Waals surface area contributed by atoms with Crippen LogP contribution < -0.4 is 11.1 Å². The van der Waals surface area contributed by atoms with E-state index in [9.17, 15) is 4.79 Å². The van der Waals surface area contributed by atoms with E-state index in [1.54, 1.807) is 18.3 Å². The third-order valence-corrected chi connectivity index (χ3v) is 2.92. The predicted molar refractivity (Wildman–Crippen MR) is 57.1 cm³/mol. The molecule has 0 aliphatic carbocycles. The van der Waals surface area contributed by atoms with Crippen LogP contribution in [0.1, 0.15) is 30.6 Å². The van der Waals surface area contributed by atoms with Crippen molar-refractivity contribution in [3.63, 3.8) is 0 Å². The summed E-state index contributed by atoms with van der Waals surface area (Å²) in [6.07, 6.45) is 0. The number of aromatic nitrogens is 1. The smallest absolute Gasteiger partial charge is 0.237 e. The summed E-state index contributed by atoms with van der Waals surface area (Å²) in [5.74, 6) is -0.148. The maximum atomic E-state index is 11.3. The normalized spacial score (nSPS) is 14.9. The summed E-state index contributed by atoms with van der Waals surface area (Å²) in [5, 5.41) is 5.67. The van der Waals surface area contributed by atoms with Crippen LogP contribution in [-0.4, -0.2) is 16.9 Å². The first-order valence-electron chi connectivity index (χ1n) is 4.48. The Morgan fingerprint density at radius 3 is 2.71 bits per heavy atom. The number of hydrogen-bond donors (Lipinski definition) is 2. The highest BCUT2D eigenvalue weighted by atomic mass is 32.1. The Balaban J connectivity index is 2.59. The standard InChI is InChI=1S/C9H15N3OS/c1-5-4-14-9(11-5)7(3)12-8(13)6(2)10/h4,6-7H,10H2,1-3H3,(H,12,13)/t6-,7?/m0/s1. The Kier molecular flexibility index (Phi) is 3.60. The van der Waals surface area contributed by atoms with Gasteiger partial charge in [-0.15, -0.1) is 11.3 Å². The second-order valence-electron chi connectivity index (χ2n) is 3.35. The number of rotatable bonds is 3. The Labute approximate surface area is 87.5 Å². The number of amides is 1. The maximum absolute atomic E-state index is 11.3. The van der Waals surface area contributed by atoms with Gasteiger partial charge < -0.3 is 11.1 Å². The topological polar surface area (TPSA) is 68.0 Å². The molecule has 1 amide bonds. The van der Waals surface area contributed by atoms with Crippen LogP contribution in [0.3, 0.4) is 0 Å². The molecule has 1 rings (SSSR count). The van der Waals surface area contributed by atoms with Crippen LogP contribution in [0.2, 0.25) is 0 Å². The molecular weight excluding hydrogens is 198 g/mol. The summed E-state index contributed by atoms with van der Waals surface area (Å²) in [6.45, 7) is 5.49. The molecule has 2 atom stereocenters. The molecule has 0 saturated heterocycles. The van der Waals surface area contributed by atoms with Gasteiger partial charge in [0.1, 0.15) is 5.01 Å². The van der Waals surface area contributed by atoms with E-state index in [0.717, 1.165) is 10.7 Å². The summed E-state index contributed by atoms with van der Waals surface area (Å²) in [4.78, 5) is 15.6. The molecule has 0 aliphatic rings. The van der Waals surface area contributed by atoms with Crippen molar-refractivity contribution in [2.45, 2.75) is 32.9 Å². The summed E-state index contributed by atoms with van der Waals surface area (Å²) < 4.78 is 0. The van der Waals surface area contributed by atoms with Gasteiger partial charge in [0.15, 0.2) is 0 Å². The van der Waals surface area contributed by atoms with Gasteiger partial charge >= 0.3 is 0 Å². The molecule has 5 heteroatoms. The minimum absolute atomic E-state index is 0.0628. The van der Waals surface area contributed by atoms with Crippen molar-refractivity contribution in [2.24, 2.45) is 5.73 Å². The number of hydrogen-bond acceptors (Lipinski definition) is 4. The average Bonchev–Trinajstić information content (AvgIpc) is 2.51. The third kappa shape index (κ3) is 2.78.